The van der Waals surface area contributed by atoms with Gasteiger partial charge in [-0.15, -0.1) is 0 Å². The molecule has 3 heterocycles. The Morgan fingerprint density at radius 3 is 2.26 bits per heavy atom. The molecule has 2 unspecified atom stereocenters. The van der Waals surface area contributed by atoms with Gasteiger partial charge >= 0.3 is 0 Å². The van der Waals surface area contributed by atoms with Crippen LogP contribution in [0, 0.1) is 11.8 Å². The summed E-state index contributed by atoms with van der Waals surface area (Å²) < 4.78 is 0. The monoisotopic (exact) mass is 258 g/mol. The largest absolute Gasteiger partial charge is 0.335 e. The normalized spacial score (nSPS) is 30.6. The van der Waals surface area contributed by atoms with Crippen LogP contribution in [0.2, 0.25) is 0 Å². The van der Waals surface area contributed by atoms with Gasteiger partial charge in [-0.05, 0) is 30.7 Å². The van der Waals surface area contributed by atoms with Crippen molar-refractivity contribution in [1.29, 1.82) is 0 Å². The highest BCUT2D eigenvalue weighted by atomic mass is 16.2. The third-order valence-electron chi connectivity index (χ3n) is 4.62. The van der Waals surface area contributed by atoms with Crippen LogP contribution in [0.4, 0.5) is 0 Å². The van der Waals surface area contributed by atoms with Crippen LogP contribution in [0.5, 0.6) is 0 Å². The number of aromatic nitrogens is 2. The molecule has 3 aliphatic rings. The maximum Gasteiger partial charge on any atom is 0.291 e. The van der Waals surface area contributed by atoms with Gasteiger partial charge < -0.3 is 4.90 Å². The SMILES string of the molecule is O=C(c1ncccn1)N1CC2CN(C3CC3)CC2C1. The Morgan fingerprint density at radius 1 is 1.05 bits per heavy atom. The Bertz CT molecular complexity index is 473. The summed E-state index contributed by atoms with van der Waals surface area (Å²) in [6, 6.07) is 2.59. The van der Waals surface area contributed by atoms with Crippen LogP contribution in [0.3, 0.4) is 0 Å². The number of rotatable bonds is 2. The van der Waals surface area contributed by atoms with Crippen molar-refractivity contribution < 1.29 is 4.79 Å². The number of fused-ring (bicyclic) bond motifs is 1. The number of nitrogens with zero attached hydrogens (tertiary/aromatic N) is 4. The maximum absolute atomic E-state index is 12.3. The van der Waals surface area contributed by atoms with Gasteiger partial charge in [0.15, 0.2) is 0 Å². The fraction of sp³-hybridized carbons (Fsp3) is 0.643. The van der Waals surface area contributed by atoms with E-state index < -0.39 is 0 Å². The van der Waals surface area contributed by atoms with Crippen LogP contribution in [0.15, 0.2) is 18.5 Å². The third-order valence-corrected chi connectivity index (χ3v) is 4.62. The van der Waals surface area contributed by atoms with Crippen molar-refractivity contribution in [2.45, 2.75) is 18.9 Å². The Balaban J connectivity index is 1.42. The molecule has 2 atom stereocenters. The van der Waals surface area contributed by atoms with Crippen LogP contribution in [0.25, 0.3) is 0 Å². The zero-order valence-electron chi connectivity index (χ0n) is 10.9. The molecule has 0 spiro atoms. The van der Waals surface area contributed by atoms with E-state index in [1.54, 1.807) is 18.5 Å². The number of carbonyl (C=O) groups excluding carboxylic acids is 1. The number of likely N-dealkylation sites (tertiary alicyclic amines) is 2. The van der Waals surface area contributed by atoms with E-state index in [4.69, 9.17) is 0 Å². The summed E-state index contributed by atoms with van der Waals surface area (Å²) in [5, 5.41) is 0. The van der Waals surface area contributed by atoms with Crippen molar-refractivity contribution >= 4 is 5.91 Å². The van der Waals surface area contributed by atoms with Gasteiger partial charge in [-0.25, -0.2) is 9.97 Å². The molecule has 100 valence electrons. The molecule has 1 aliphatic carbocycles. The van der Waals surface area contributed by atoms with E-state index in [-0.39, 0.29) is 5.91 Å². The molecule has 1 amide bonds. The van der Waals surface area contributed by atoms with E-state index in [0.717, 1.165) is 19.1 Å². The van der Waals surface area contributed by atoms with Crippen LogP contribution in [-0.2, 0) is 0 Å². The zero-order chi connectivity index (χ0) is 12.8. The third kappa shape index (κ3) is 2.02. The molecule has 2 aliphatic heterocycles. The Hall–Kier alpha value is -1.49. The van der Waals surface area contributed by atoms with Gasteiger partial charge in [0.25, 0.3) is 5.91 Å². The molecular weight excluding hydrogens is 240 g/mol. The predicted molar refractivity (Wildman–Crippen MR) is 69.5 cm³/mol. The van der Waals surface area contributed by atoms with Crippen molar-refractivity contribution in [3.05, 3.63) is 24.3 Å². The first-order chi connectivity index (χ1) is 9.31. The predicted octanol–water partition coefficient (Wildman–Crippen LogP) is 0.643. The maximum atomic E-state index is 12.3. The van der Waals surface area contributed by atoms with Gasteiger partial charge in [0.2, 0.25) is 5.82 Å². The van der Waals surface area contributed by atoms with Crippen molar-refractivity contribution in [3.8, 4) is 0 Å². The summed E-state index contributed by atoms with van der Waals surface area (Å²) in [4.78, 5) is 25.0. The van der Waals surface area contributed by atoms with Crippen molar-refractivity contribution in [1.82, 2.24) is 19.8 Å². The lowest BCUT2D eigenvalue weighted by molar-refractivity contribution is 0.0761. The minimum absolute atomic E-state index is 0.00651. The minimum atomic E-state index is -0.00651. The number of amides is 1. The van der Waals surface area contributed by atoms with Gasteiger partial charge in [0.1, 0.15) is 0 Å². The van der Waals surface area contributed by atoms with Crippen LogP contribution in [-0.4, -0.2) is 57.9 Å². The first-order valence-electron chi connectivity index (χ1n) is 7.11. The lowest BCUT2D eigenvalue weighted by Gasteiger charge is -2.20. The molecule has 4 rings (SSSR count). The highest BCUT2D eigenvalue weighted by molar-refractivity contribution is 5.90. The van der Waals surface area contributed by atoms with E-state index in [0.29, 0.717) is 17.7 Å². The Labute approximate surface area is 112 Å². The summed E-state index contributed by atoms with van der Waals surface area (Å²) in [6.45, 7) is 4.11. The highest BCUT2D eigenvalue weighted by Gasteiger charge is 2.45. The second kappa shape index (κ2) is 4.27. The lowest BCUT2D eigenvalue weighted by atomic mass is 10.0. The fourth-order valence-corrected chi connectivity index (χ4v) is 3.48. The van der Waals surface area contributed by atoms with Gasteiger partial charge in [-0.3, -0.25) is 9.69 Å². The number of carbonyl (C=O) groups is 1. The average molecular weight is 258 g/mol. The van der Waals surface area contributed by atoms with Crippen LogP contribution >= 0.6 is 0 Å². The molecule has 0 aromatic carbocycles. The molecule has 5 nitrogen and oxygen atoms in total. The molecule has 0 radical (unpaired) electrons. The van der Waals surface area contributed by atoms with Crippen molar-refractivity contribution in [2.75, 3.05) is 26.2 Å². The lowest BCUT2D eigenvalue weighted by Crippen LogP contribution is -2.34. The molecule has 2 saturated heterocycles. The smallest absolute Gasteiger partial charge is 0.291 e. The molecule has 5 heteroatoms. The molecule has 1 aromatic rings. The summed E-state index contributed by atoms with van der Waals surface area (Å²) in [7, 11) is 0. The molecule has 1 saturated carbocycles. The average Bonchev–Trinajstić information content (AvgIpc) is 3.10. The fourth-order valence-electron chi connectivity index (χ4n) is 3.48. The zero-order valence-corrected chi connectivity index (χ0v) is 10.9. The van der Waals surface area contributed by atoms with E-state index in [9.17, 15) is 4.79 Å². The van der Waals surface area contributed by atoms with E-state index in [1.165, 1.54) is 25.9 Å². The molecule has 0 N–H and O–H groups in total. The second-order valence-corrected chi connectivity index (χ2v) is 5.99. The topological polar surface area (TPSA) is 49.3 Å². The minimum Gasteiger partial charge on any atom is -0.335 e. The van der Waals surface area contributed by atoms with Gasteiger partial charge in [0.05, 0.1) is 0 Å². The quantitative estimate of drug-likeness (QED) is 0.781. The number of hydrogen-bond acceptors (Lipinski definition) is 4. The van der Waals surface area contributed by atoms with Crippen molar-refractivity contribution in [2.24, 2.45) is 11.8 Å². The molecule has 19 heavy (non-hydrogen) atoms. The van der Waals surface area contributed by atoms with E-state index >= 15 is 0 Å². The number of hydrogen-bond donors (Lipinski definition) is 0. The van der Waals surface area contributed by atoms with E-state index in [2.05, 4.69) is 14.9 Å². The standard InChI is InChI=1S/C14H18N4O/c19-14(13-15-4-1-5-16-13)18-8-10-6-17(12-2-3-12)7-11(10)9-18/h1,4-5,10-12H,2-3,6-9H2. The van der Waals surface area contributed by atoms with Crippen LogP contribution in [0.1, 0.15) is 23.5 Å². The van der Waals surface area contributed by atoms with Gasteiger partial charge in [-0.1, -0.05) is 0 Å². The molecule has 0 bridgehead atoms. The molecular formula is C14H18N4O. The van der Waals surface area contributed by atoms with Crippen LogP contribution < -0.4 is 0 Å². The van der Waals surface area contributed by atoms with E-state index in [1.807, 2.05) is 4.90 Å². The Morgan fingerprint density at radius 2 is 1.68 bits per heavy atom. The Kier molecular flexibility index (Phi) is 2.55. The second-order valence-electron chi connectivity index (χ2n) is 5.99. The van der Waals surface area contributed by atoms with Crippen molar-refractivity contribution in [3.63, 3.8) is 0 Å². The van der Waals surface area contributed by atoms with Gasteiger partial charge in [0, 0.05) is 44.6 Å². The first-order valence-corrected chi connectivity index (χ1v) is 7.11. The first kappa shape index (κ1) is 11.3. The highest BCUT2D eigenvalue weighted by Crippen LogP contribution is 2.37. The summed E-state index contributed by atoms with van der Waals surface area (Å²) >= 11 is 0. The summed E-state index contributed by atoms with van der Waals surface area (Å²) in [6.07, 6.45) is 6.01. The summed E-state index contributed by atoms with van der Waals surface area (Å²) in [5.41, 5.74) is 0. The molecule has 1 aromatic heterocycles. The molecule has 3 fully saturated rings. The van der Waals surface area contributed by atoms with Gasteiger partial charge in [-0.2, -0.15) is 0 Å². The summed E-state index contributed by atoms with van der Waals surface area (Å²) in [5.74, 6) is 1.65.